The minimum absolute atomic E-state index is 0.0514. The Morgan fingerprint density at radius 2 is 1.80 bits per heavy atom. The summed E-state index contributed by atoms with van der Waals surface area (Å²) in [6.45, 7) is 1.76. The van der Waals surface area contributed by atoms with Gasteiger partial charge in [0.1, 0.15) is 12.4 Å². The molecule has 0 saturated heterocycles. The standard InChI is InChI=1S/C30H27N3O7/c1-3-30(38)21-11-23-25-15(12-32(23)28(36)20(21)14-40-29(30)37)10-18-19(24(39-2)9-8-22(18)31-25)13-33-26(34)16-6-4-5-7-17(16)27(33)35/h8-11,38H,3-7,12-14H2,1-2H3/t30-/m0/s1. The van der Waals surface area contributed by atoms with E-state index in [4.69, 9.17) is 14.5 Å². The molecule has 0 fully saturated rings. The molecule has 1 N–H and O–H groups in total. The lowest BCUT2D eigenvalue weighted by atomic mass is 9.86. The molecule has 1 aromatic carbocycles. The van der Waals surface area contributed by atoms with Crippen LogP contribution in [0.3, 0.4) is 0 Å². The highest BCUT2D eigenvalue weighted by molar-refractivity contribution is 6.19. The maximum Gasteiger partial charge on any atom is 0.343 e. The minimum atomic E-state index is -1.90. The number of aliphatic hydroxyl groups is 1. The van der Waals surface area contributed by atoms with E-state index in [2.05, 4.69) is 0 Å². The predicted octanol–water partition coefficient (Wildman–Crippen LogP) is 2.83. The molecule has 4 aliphatic rings. The number of hydrogen-bond donors (Lipinski definition) is 1. The summed E-state index contributed by atoms with van der Waals surface area (Å²) in [4.78, 5) is 58.5. The number of ether oxygens (including phenoxy) is 2. The van der Waals surface area contributed by atoms with Gasteiger partial charge in [0, 0.05) is 33.2 Å². The van der Waals surface area contributed by atoms with Crippen molar-refractivity contribution < 1.29 is 29.0 Å². The third kappa shape index (κ3) is 3.22. The van der Waals surface area contributed by atoms with Crippen molar-refractivity contribution >= 4 is 28.7 Å². The fraction of sp³-hybridized carbons (Fsp3) is 0.367. The number of nitrogens with zero attached hydrogens (tertiary/aromatic N) is 3. The van der Waals surface area contributed by atoms with Gasteiger partial charge in [-0.1, -0.05) is 6.92 Å². The maximum absolute atomic E-state index is 13.5. The molecule has 3 aromatic rings. The van der Waals surface area contributed by atoms with Crippen LogP contribution in [-0.4, -0.2) is 44.5 Å². The van der Waals surface area contributed by atoms with Crippen molar-refractivity contribution in [3.8, 4) is 17.1 Å². The van der Waals surface area contributed by atoms with Crippen molar-refractivity contribution in [2.24, 2.45) is 0 Å². The highest BCUT2D eigenvalue weighted by atomic mass is 16.6. The summed E-state index contributed by atoms with van der Waals surface area (Å²) in [6.07, 6.45) is 3.12. The number of amides is 2. The molecule has 10 heteroatoms. The molecule has 7 rings (SSSR count). The molecule has 2 amide bonds. The molecular weight excluding hydrogens is 514 g/mol. The van der Waals surface area contributed by atoms with Gasteiger partial charge in [-0.2, -0.15) is 0 Å². The van der Waals surface area contributed by atoms with Gasteiger partial charge in [0.05, 0.1) is 42.7 Å². The second-order valence-corrected chi connectivity index (χ2v) is 10.8. The number of aromatic nitrogens is 2. The van der Waals surface area contributed by atoms with Crippen LogP contribution in [0, 0.1) is 0 Å². The highest BCUT2D eigenvalue weighted by Crippen LogP contribution is 2.41. The Labute approximate surface area is 228 Å². The van der Waals surface area contributed by atoms with Crippen LogP contribution >= 0.6 is 0 Å². The van der Waals surface area contributed by atoms with Gasteiger partial charge in [-0.15, -0.1) is 0 Å². The predicted molar refractivity (Wildman–Crippen MR) is 142 cm³/mol. The first-order valence-corrected chi connectivity index (χ1v) is 13.5. The molecule has 40 heavy (non-hydrogen) atoms. The first kappa shape index (κ1) is 24.7. The summed E-state index contributed by atoms with van der Waals surface area (Å²) >= 11 is 0. The van der Waals surface area contributed by atoms with Gasteiger partial charge >= 0.3 is 5.97 Å². The molecule has 5 heterocycles. The Bertz CT molecular complexity index is 1760. The Kier molecular flexibility index (Phi) is 5.31. The number of methoxy groups -OCH3 is 1. The fourth-order valence-corrected chi connectivity index (χ4v) is 6.54. The van der Waals surface area contributed by atoms with E-state index in [9.17, 15) is 24.3 Å². The number of imide groups is 1. The van der Waals surface area contributed by atoms with E-state index >= 15 is 0 Å². The SMILES string of the molecule is CC[C@@]1(O)C(=O)OCc2c1cc1n(c2=O)Cc2cc3c(CN4C(=O)C5=C(CCCC5)C4=O)c(OC)ccc3nc2-1. The number of cyclic esters (lactones) is 1. The van der Waals surface area contributed by atoms with Crippen molar-refractivity contribution in [1.82, 2.24) is 14.5 Å². The average Bonchev–Trinajstić information content (AvgIpc) is 3.45. The second-order valence-electron chi connectivity index (χ2n) is 10.8. The van der Waals surface area contributed by atoms with Crippen molar-refractivity contribution in [3.05, 3.63) is 68.0 Å². The van der Waals surface area contributed by atoms with Crippen molar-refractivity contribution in [2.45, 2.75) is 64.3 Å². The van der Waals surface area contributed by atoms with E-state index in [1.54, 1.807) is 36.8 Å². The quantitative estimate of drug-likeness (QED) is 0.309. The van der Waals surface area contributed by atoms with E-state index < -0.39 is 11.6 Å². The Hall–Kier alpha value is -4.31. The van der Waals surface area contributed by atoms with Gasteiger partial charge in [0.25, 0.3) is 17.4 Å². The van der Waals surface area contributed by atoms with Crippen LogP contribution in [-0.2, 0) is 44.4 Å². The topological polar surface area (TPSA) is 128 Å². The van der Waals surface area contributed by atoms with Gasteiger partial charge in [0.2, 0.25) is 0 Å². The van der Waals surface area contributed by atoms with Gasteiger partial charge in [-0.25, -0.2) is 9.78 Å². The number of pyridine rings is 2. The lowest BCUT2D eigenvalue weighted by molar-refractivity contribution is -0.172. The first-order chi connectivity index (χ1) is 19.3. The third-order valence-electron chi connectivity index (χ3n) is 8.77. The molecule has 1 atom stereocenters. The van der Waals surface area contributed by atoms with Crippen molar-refractivity contribution in [2.75, 3.05) is 7.11 Å². The smallest absolute Gasteiger partial charge is 0.343 e. The van der Waals surface area contributed by atoms with Crippen LogP contribution in [0.25, 0.3) is 22.3 Å². The second kappa shape index (κ2) is 8.59. The molecule has 3 aliphatic heterocycles. The van der Waals surface area contributed by atoms with Crippen LogP contribution in [0.4, 0.5) is 0 Å². The summed E-state index contributed by atoms with van der Waals surface area (Å²) < 4.78 is 12.4. The molecule has 0 bridgehead atoms. The fourth-order valence-electron chi connectivity index (χ4n) is 6.54. The highest BCUT2D eigenvalue weighted by Gasteiger charge is 2.45. The van der Waals surface area contributed by atoms with Crippen LogP contribution in [0.1, 0.15) is 61.3 Å². The summed E-state index contributed by atoms with van der Waals surface area (Å²) in [7, 11) is 1.54. The third-order valence-corrected chi connectivity index (χ3v) is 8.77. The van der Waals surface area contributed by atoms with Crippen LogP contribution in [0.2, 0.25) is 0 Å². The zero-order valence-electron chi connectivity index (χ0n) is 22.2. The Balaban J connectivity index is 1.35. The number of fused-ring (bicyclic) bond motifs is 5. The van der Waals surface area contributed by atoms with E-state index in [0.29, 0.717) is 52.2 Å². The van der Waals surface area contributed by atoms with Crippen LogP contribution < -0.4 is 10.3 Å². The van der Waals surface area contributed by atoms with E-state index in [1.165, 1.54) is 4.90 Å². The van der Waals surface area contributed by atoms with Crippen LogP contribution in [0.15, 0.2) is 40.2 Å². The van der Waals surface area contributed by atoms with Gasteiger partial charge in [-0.3, -0.25) is 19.3 Å². The van der Waals surface area contributed by atoms with Crippen LogP contribution in [0.5, 0.6) is 5.75 Å². The molecule has 0 saturated carbocycles. The minimum Gasteiger partial charge on any atom is -0.496 e. The number of esters is 1. The lowest BCUT2D eigenvalue weighted by Crippen LogP contribution is -2.44. The molecule has 204 valence electrons. The molecule has 1 aliphatic carbocycles. The number of benzene rings is 1. The van der Waals surface area contributed by atoms with Gasteiger partial charge in [0.15, 0.2) is 5.60 Å². The summed E-state index contributed by atoms with van der Waals surface area (Å²) in [6, 6.07) is 7.16. The summed E-state index contributed by atoms with van der Waals surface area (Å²) in [5, 5.41) is 11.8. The van der Waals surface area contributed by atoms with E-state index in [-0.39, 0.29) is 54.6 Å². The zero-order chi connectivity index (χ0) is 27.9. The molecular formula is C30H27N3O7. The molecule has 0 radical (unpaired) electrons. The normalized spacial score (nSPS) is 21.4. The summed E-state index contributed by atoms with van der Waals surface area (Å²) in [5.41, 5.74) is 2.67. The van der Waals surface area contributed by atoms with Gasteiger partial charge in [-0.05, 0) is 56.4 Å². The van der Waals surface area contributed by atoms with Crippen molar-refractivity contribution in [1.29, 1.82) is 0 Å². The number of carbonyl (C=O) groups is 3. The largest absolute Gasteiger partial charge is 0.496 e. The van der Waals surface area contributed by atoms with Gasteiger partial charge < -0.3 is 19.1 Å². The molecule has 0 spiro atoms. The summed E-state index contributed by atoms with van der Waals surface area (Å²) in [5.74, 6) is -0.711. The van der Waals surface area contributed by atoms with Crippen molar-refractivity contribution in [3.63, 3.8) is 0 Å². The van der Waals surface area contributed by atoms with E-state index in [1.807, 2.05) is 6.07 Å². The maximum atomic E-state index is 13.5. The number of hydrogen-bond acceptors (Lipinski definition) is 8. The molecule has 0 unspecified atom stereocenters. The molecule has 10 nitrogen and oxygen atoms in total. The Morgan fingerprint density at radius 3 is 2.48 bits per heavy atom. The first-order valence-electron chi connectivity index (χ1n) is 13.5. The molecule has 2 aromatic heterocycles. The zero-order valence-corrected chi connectivity index (χ0v) is 22.2. The monoisotopic (exact) mass is 541 g/mol. The number of rotatable bonds is 4. The Morgan fingerprint density at radius 1 is 1.07 bits per heavy atom. The lowest BCUT2D eigenvalue weighted by Gasteiger charge is -2.31. The van der Waals surface area contributed by atoms with E-state index in [0.717, 1.165) is 23.8 Å². The number of carbonyl (C=O) groups excluding carboxylic acids is 3. The average molecular weight is 542 g/mol.